The Balaban J connectivity index is 1.86. The summed E-state index contributed by atoms with van der Waals surface area (Å²) in [7, 11) is 2.00. The lowest BCUT2D eigenvalue weighted by Gasteiger charge is -2.26. The third kappa shape index (κ3) is 3.90. The van der Waals surface area contributed by atoms with E-state index < -0.39 is 0 Å². The van der Waals surface area contributed by atoms with Gasteiger partial charge in [-0.25, -0.2) is 9.97 Å². The van der Waals surface area contributed by atoms with E-state index in [-0.39, 0.29) is 16.6 Å². The van der Waals surface area contributed by atoms with Crippen molar-refractivity contribution < 1.29 is 4.79 Å². The van der Waals surface area contributed by atoms with Gasteiger partial charge in [0.25, 0.3) is 5.91 Å². The summed E-state index contributed by atoms with van der Waals surface area (Å²) in [5.74, 6) is 0.229. The molecule has 0 saturated carbocycles. The maximum Gasteiger partial charge on any atom is 0.276 e. The number of nitrogens with one attached hydrogen (secondary N) is 1. The number of benzene rings is 1. The minimum absolute atomic E-state index is 0.200. The van der Waals surface area contributed by atoms with Gasteiger partial charge in [0.05, 0.1) is 22.6 Å². The fourth-order valence-electron chi connectivity index (χ4n) is 2.93. The molecule has 2 aromatic rings. The number of hydrogen-bond acceptors (Lipinski definition) is 5. The molecule has 1 fully saturated rings. The lowest BCUT2D eigenvalue weighted by Crippen LogP contribution is -2.27. The SMILES string of the molecule is CC(C)N(C)c1ccccc1NC(=O)c1nc(N2CCCC2)ncc1Cl. The van der Waals surface area contributed by atoms with Crippen molar-refractivity contribution in [1.82, 2.24) is 9.97 Å². The van der Waals surface area contributed by atoms with Gasteiger partial charge in [-0.1, -0.05) is 23.7 Å². The molecule has 26 heavy (non-hydrogen) atoms. The number of amides is 1. The number of carbonyl (C=O) groups excluding carboxylic acids is 1. The molecule has 6 nitrogen and oxygen atoms in total. The summed E-state index contributed by atoms with van der Waals surface area (Å²) in [5, 5.41) is 3.20. The first-order valence-electron chi connectivity index (χ1n) is 8.88. The highest BCUT2D eigenvalue weighted by Gasteiger charge is 2.21. The minimum Gasteiger partial charge on any atom is -0.370 e. The van der Waals surface area contributed by atoms with Crippen molar-refractivity contribution in [2.75, 3.05) is 35.3 Å². The van der Waals surface area contributed by atoms with Gasteiger partial charge in [-0.3, -0.25) is 4.79 Å². The lowest BCUT2D eigenvalue weighted by molar-refractivity contribution is 0.102. The molecule has 1 N–H and O–H groups in total. The Bertz CT molecular complexity index is 789. The summed E-state index contributed by atoms with van der Waals surface area (Å²) in [6.07, 6.45) is 3.73. The van der Waals surface area contributed by atoms with E-state index in [1.807, 2.05) is 31.3 Å². The molecule has 0 radical (unpaired) electrons. The molecule has 1 aromatic heterocycles. The fraction of sp³-hybridized carbons (Fsp3) is 0.421. The zero-order chi connectivity index (χ0) is 18.7. The number of hydrogen-bond donors (Lipinski definition) is 1. The van der Waals surface area contributed by atoms with E-state index in [0.29, 0.717) is 12.0 Å². The van der Waals surface area contributed by atoms with E-state index >= 15 is 0 Å². The second kappa shape index (κ2) is 7.91. The van der Waals surface area contributed by atoms with Gasteiger partial charge in [0.15, 0.2) is 5.69 Å². The van der Waals surface area contributed by atoms with Gasteiger partial charge in [-0.05, 0) is 38.8 Å². The van der Waals surface area contributed by atoms with Crippen LogP contribution in [-0.2, 0) is 0 Å². The maximum atomic E-state index is 12.8. The number of carbonyl (C=O) groups is 1. The Hall–Kier alpha value is -2.34. The molecule has 138 valence electrons. The normalized spacial score (nSPS) is 14.0. The van der Waals surface area contributed by atoms with E-state index in [9.17, 15) is 4.79 Å². The minimum atomic E-state index is -0.331. The van der Waals surface area contributed by atoms with E-state index in [2.05, 4.69) is 38.9 Å². The number of anilines is 3. The van der Waals surface area contributed by atoms with Crippen molar-refractivity contribution >= 4 is 34.8 Å². The van der Waals surface area contributed by atoms with Crippen LogP contribution in [0.4, 0.5) is 17.3 Å². The number of halogens is 1. The fourth-order valence-corrected chi connectivity index (χ4v) is 3.11. The molecule has 0 spiro atoms. The highest BCUT2D eigenvalue weighted by atomic mass is 35.5. The molecule has 2 heterocycles. The van der Waals surface area contributed by atoms with Crippen LogP contribution >= 0.6 is 11.6 Å². The predicted molar refractivity (Wildman–Crippen MR) is 106 cm³/mol. The Morgan fingerprint density at radius 3 is 2.65 bits per heavy atom. The van der Waals surface area contributed by atoms with Gasteiger partial charge >= 0.3 is 0 Å². The molecular weight excluding hydrogens is 350 g/mol. The van der Waals surface area contributed by atoms with Crippen LogP contribution in [0.15, 0.2) is 30.5 Å². The molecule has 1 aliphatic heterocycles. The Labute approximate surface area is 159 Å². The van der Waals surface area contributed by atoms with E-state index in [1.165, 1.54) is 6.20 Å². The number of para-hydroxylation sites is 2. The van der Waals surface area contributed by atoms with Crippen molar-refractivity contribution in [1.29, 1.82) is 0 Å². The van der Waals surface area contributed by atoms with Crippen LogP contribution in [0.1, 0.15) is 37.2 Å². The van der Waals surface area contributed by atoms with Crippen molar-refractivity contribution in [3.63, 3.8) is 0 Å². The molecular formula is C19H24ClN5O. The summed E-state index contributed by atoms with van der Waals surface area (Å²) < 4.78 is 0. The molecule has 3 rings (SSSR count). The topological polar surface area (TPSA) is 61.4 Å². The van der Waals surface area contributed by atoms with Gasteiger partial charge in [0, 0.05) is 26.2 Å². The highest BCUT2D eigenvalue weighted by molar-refractivity contribution is 6.34. The van der Waals surface area contributed by atoms with Crippen LogP contribution in [0.2, 0.25) is 5.02 Å². The maximum absolute atomic E-state index is 12.8. The van der Waals surface area contributed by atoms with Crippen LogP contribution < -0.4 is 15.1 Å². The standard InChI is InChI=1S/C19H24ClN5O/c1-13(2)24(3)16-9-5-4-8-15(16)22-18(26)17-14(20)12-21-19(23-17)25-10-6-7-11-25/h4-5,8-9,12-13H,6-7,10-11H2,1-3H3,(H,22,26). The largest absolute Gasteiger partial charge is 0.370 e. The summed E-state index contributed by atoms with van der Waals surface area (Å²) in [4.78, 5) is 25.7. The summed E-state index contributed by atoms with van der Waals surface area (Å²) in [6.45, 7) is 6.01. The third-order valence-electron chi connectivity index (χ3n) is 4.64. The highest BCUT2D eigenvalue weighted by Crippen LogP contribution is 2.27. The summed E-state index contributed by atoms with van der Waals surface area (Å²) >= 11 is 6.20. The van der Waals surface area contributed by atoms with Crippen molar-refractivity contribution in [3.05, 3.63) is 41.2 Å². The summed E-state index contributed by atoms with van der Waals surface area (Å²) in [5.41, 5.74) is 1.87. The van der Waals surface area contributed by atoms with Crippen molar-refractivity contribution in [2.45, 2.75) is 32.7 Å². The first kappa shape index (κ1) is 18.5. The second-order valence-corrected chi connectivity index (χ2v) is 7.14. The molecule has 1 saturated heterocycles. The van der Waals surface area contributed by atoms with E-state index in [0.717, 1.165) is 37.3 Å². The van der Waals surface area contributed by atoms with Gasteiger partial charge in [-0.2, -0.15) is 0 Å². The molecule has 0 unspecified atom stereocenters. The average molecular weight is 374 g/mol. The van der Waals surface area contributed by atoms with Gasteiger partial charge < -0.3 is 15.1 Å². The monoisotopic (exact) mass is 373 g/mol. The van der Waals surface area contributed by atoms with Crippen LogP contribution in [0, 0.1) is 0 Å². The van der Waals surface area contributed by atoms with Crippen molar-refractivity contribution in [2.24, 2.45) is 0 Å². The lowest BCUT2D eigenvalue weighted by atomic mass is 10.2. The average Bonchev–Trinajstić information content (AvgIpc) is 3.16. The van der Waals surface area contributed by atoms with Crippen LogP contribution in [0.25, 0.3) is 0 Å². The van der Waals surface area contributed by atoms with Crippen LogP contribution in [-0.4, -0.2) is 42.1 Å². The molecule has 0 bridgehead atoms. The zero-order valence-electron chi connectivity index (χ0n) is 15.4. The van der Waals surface area contributed by atoms with Gasteiger partial charge in [0.2, 0.25) is 5.95 Å². The molecule has 1 aromatic carbocycles. The quantitative estimate of drug-likeness (QED) is 0.863. The van der Waals surface area contributed by atoms with Crippen LogP contribution in [0.5, 0.6) is 0 Å². The number of nitrogens with zero attached hydrogens (tertiary/aromatic N) is 4. The smallest absolute Gasteiger partial charge is 0.276 e. The molecule has 1 aliphatic rings. The van der Waals surface area contributed by atoms with E-state index in [4.69, 9.17) is 11.6 Å². The third-order valence-corrected chi connectivity index (χ3v) is 4.92. The van der Waals surface area contributed by atoms with E-state index in [1.54, 1.807) is 0 Å². The first-order chi connectivity index (χ1) is 12.5. The molecule has 1 amide bonds. The molecule has 7 heteroatoms. The second-order valence-electron chi connectivity index (χ2n) is 6.74. The van der Waals surface area contributed by atoms with Gasteiger partial charge in [0.1, 0.15) is 0 Å². The Morgan fingerprint density at radius 1 is 1.27 bits per heavy atom. The van der Waals surface area contributed by atoms with Crippen molar-refractivity contribution in [3.8, 4) is 0 Å². The molecule has 0 aliphatic carbocycles. The zero-order valence-corrected chi connectivity index (χ0v) is 16.1. The first-order valence-corrected chi connectivity index (χ1v) is 9.26. The van der Waals surface area contributed by atoms with Gasteiger partial charge in [-0.15, -0.1) is 0 Å². The Kier molecular flexibility index (Phi) is 5.61. The number of rotatable bonds is 5. The molecule has 0 atom stereocenters. The predicted octanol–water partition coefficient (Wildman–Crippen LogP) is 3.83. The summed E-state index contributed by atoms with van der Waals surface area (Å²) in [6, 6.07) is 8.00. The Morgan fingerprint density at radius 2 is 1.96 bits per heavy atom. The van der Waals surface area contributed by atoms with Crippen LogP contribution in [0.3, 0.4) is 0 Å². The number of aromatic nitrogens is 2.